The smallest absolute Gasteiger partial charge is 0.122 e. The molecule has 0 saturated heterocycles. The highest BCUT2D eigenvalue weighted by molar-refractivity contribution is 5.42. The Morgan fingerprint density at radius 2 is 1.86 bits per heavy atom. The van der Waals surface area contributed by atoms with E-state index in [1.165, 1.54) is 24.0 Å². The first kappa shape index (κ1) is 12.9. The van der Waals surface area contributed by atoms with Crippen LogP contribution in [0.3, 0.4) is 0 Å². The third-order valence-electron chi connectivity index (χ3n) is 5.09. The van der Waals surface area contributed by atoms with Crippen molar-refractivity contribution >= 4 is 0 Å². The molecular weight excluding hydrogens is 258 g/mol. The molecule has 0 fully saturated rings. The summed E-state index contributed by atoms with van der Waals surface area (Å²) in [6, 6.07) is 17.8. The van der Waals surface area contributed by atoms with Gasteiger partial charge in [-0.25, -0.2) is 0 Å². The number of para-hydroxylation sites is 1. The molecule has 2 aromatic rings. The van der Waals surface area contributed by atoms with Crippen LogP contribution in [0.2, 0.25) is 0 Å². The van der Waals surface area contributed by atoms with Crippen LogP contribution in [0, 0.1) is 0 Å². The number of rotatable bonds is 4. The lowest BCUT2D eigenvalue weighted by Crippen LogP contribution is -2.36. The van der Waals surface area contributed by atoms with Gasteiger partial charge in [0.05, 0.1) is 6.61 Å². The van der Waals surface area contributed by atoms with Gasteiger partial charge in [0.2, 0.25) is 0 Å². The van der Waals surface area contributed by atoms with E-state index in [0.717, 1.165) is 12.4 Å². The van der Waals surface area contributed by atoms with E-state index in [0.29, 0.717) is 17.9 Å². The zero-order valence-corrected chi connectivity index (χ0v) is 12.4. The fraction of sp³-hybridized carbons (Fsp3) is 0.368. The minimum atomic E-state index is 0.471. The average molecular weight is 279 g/mol. The highest BCUT2D eigenvalue weighted by Gasteiger charge is 2.34. The summed E-state index contributed by atoms with van der Waals surface area (Å²) >= 11 is 0. The number of likely N-dealkylation sites (N-methyl/N-ethyl adjacent to an activating group) is 1. The van der Waals surface area contributed by atoms with Crippen molar-refractivity contribution in [1.29, 1.82) is 0 Å². The first-order chi connectivity index (χ1) is 10.4. The van der Waals surface area contributed by atoms with E-state index < -0.39 is 0 Å². The summed E-state index contributed by atoms with van der Waals surface area (Å²) in [4.78, 5) is 0. The van der Waals surface area contributed by atoms with Gasteiger partial charge < -0.3 is 10.1 Å². The predicted octanol–water partition coefficient (Wildman–Crippen LogP) is 3.48. The fourth-order valence-electron chi connectivity index (χ4n) is 3.88. The molecule has 2 aromatic carbocycles. The van der Waals surface area contributed by atoms with Crippen molar-refractivity contribution in [1.82, 2.24) is 5.32 Å². The van der Waals surface area contributed by atoms with Crippen LogP contribution in [0.1, 0.15) is 34.9 Å². The van der Waals surface area contributed by atoms with Gasteiger partial charge in [-0.05, 0) is 43.0 Å². The standard InChI is InChI=1S/C19H21NO/c1-20-18(11-14-10-13-6-2-3-7-15(13)14)17-12-21-19-9-5-4-8-16(17)19/h2-9,14,17-18,20H,10-12H2,1H3. The SMILES string of the molecule is CNC(CC1Cc2ccccc21)C1COc2ccccc21. The van der Waals surface area contributed by atoms with Gasteiger partial charge in [0.25, 0.3) is 0 Å². The molecule has 2 nitrogen and oxygen atoms in total. The van der Waals surface area contributed by atoms with Crippen LogP contribution < -0.4 is 10.1 Å². The Morgan fingerprint density at radius 1 is 1.10 bits per heavy atom. The summed E-state index contributed by atoms with van der Waals surface area (Å²) in [6.45, 7) is 0.805. The number of hydrogen-bond donors (Lipinski definition) is 1. The van der Waals surface area contributed by atoms with Crippen molar-refractivity contribution < 1.29 is 4.74 Å². The Hall–Kier alpha value is -1.80. The van der Waals surface area contributed by atoms with Crippen LogP contribution in [0.15, 0.2) is 48.5 Å². The van der Waals surface area contributed by atoms with E-state index in [9.17, 15) is 0 Å². The summed E-state index contributed by atoms with van der Waals surface area (Å²) in [5.74, 6) is 2.24. The molecule has 0 amide bonds. The maximum Gasteiger partial charge on any atom is 0.122 e. The molecule has 1 aliphatic heterocycles. The van der Waals surface area contributed by atoms with E-state index >= 15 is 0 Å². The molecule has 2 heteroatoms. The first-order valence-electron chi connectivity index (χ1n) is 7.83. The Labute approximate surface area is 126 Å². The normalized spacial score (nSPS) is 23.7. The molecular formula is C19H21NO. The largest absolute Gasteiger partial charge is 0.493 e. The molecule has 3 unspecified atom stereocenters. The Morgan fingerprint density at radius 3 is 2.67 bits per heavy atom. The number of nitrogens with one attached hydrogen (secondary N) is 1. The zero-order valence-electron chi connectivity index (χ0n) is 12.4. The molecule has 1 aliphatic carbocycles. The summed E-state index contributed by atoms with van der Waals surface area (Å²) in [6.07, 6.45) is 2.42. The van der Waals surface area contributed by atoms with Gasteiger partial charge in [-0.3, -0.25) is 0 Å². The molecule has 108 valence electrons. The minimum absolute atomic E-state index is 0.471. The van der Waals surface area contributed by atoms with Crippen molar-refractivity contribution in [2.24, 2.45) is 0 Å². The minimum Gasteiger partial charge on any atom is -0.493 e. The predicted molar refractivity (Wildman–Crippen MR) is 85.0 cm³/mol. The molecule has 0 spiro atoms. The van der Waals surface area contributed by atoms with Crippen LogP contribution in [-0.4, -0.2) is 19.7 Å². The fourth-order valence-corrected chi connectivity index (χ4v) is 3.88. The highest BCUT2D eigenvalue weighted by atomic mass is 16.5. The van der Waals surface area contributed by atoms with Gasteiger partial charge in [0.15, 0.2) is 0 Å². The molecule has 21 heavy (non-hydrogen) atoms. The van der Waals surface area contributed by atoms with Crippen LogP contribution in [0.5, 0.6) is 5.75 Å². The number of ether oxygens (including phenoxy) is 1. The van der Waals surface area contributed by atoms with Crippen molar-refractivity contribution in [3.8, 4) is 5.75 Å². The van der Waals surface area contributed by atoms with E-state index in [1.807, 2.05) is 0 Å². The van der Waals surface area contributed by atoms with Crippen LogP contribution in [-0.2, 0) is 6.42 Å². The van der Waals surface area contributed by atoms with E-state index in [1.54, 1.807) is 5.56 Å². The van der Waals surface area contributed by atoms with Gasteiger partial charge in [-0.15, -0.1) is 0 Å². The molecule has 2 aliphatic rings. The van der Waals surface area contributed by atoms with Gasteiger partial charge >= 0.3 is 0 Å². The van der Waals surface area contributed by atoms with Crippen LogP contribution in [0.25, 0.3) is 0 Å². The number of benzene rings is 2. The maximum absolute atomic E-state index is 5.86. The Balaban J connectivity index is 1.52. The van der Waals surface area contributed by atoms with Crippen LogP contribution in [0.4, 0.5) is 0 Å². The van der Waals surface area contributed by atoms with E-state index in [4.69, 9.17) is 4.74 Å². The summed E-state index contributed by atoms with van der Waals surface area (Å²) < 4.78 is 5.86. The third-order valence-corrected chi connectivity index (χ3v) is 5.09. The van der Waals surface area contributed by atoms with Gasteiger partial charge in [0, 0.05) is 17.5 Å². The summed E-state index contributed by atoms with van der Waals surface area (Å²) in [7, 11) is 2.08. The second kappa shape index (κ2) is 5.19. The lowest BCUT2D eigenvalue weighted by molar-refractivity contribution is 0.287. The molecule has 3 atom stereocenters. The Bertz CT molecular complexity index is 652. The lowest BCUT2D eigenvalue weighted by atomic mass is 9.72. The van der Waals surface area contributed by atoms with Gasteiger partial charge in [0.1, 0.15) is 5.75 Å². The Kier molecular flexibility index (Phi) is 3.19. The summed E-state index contributed by atoms with van der Waals surface area (Å²) in [5.41, 5.74) is 4.44. The zero-order chi connectivity index (χ0) is 14.2. The van der Waals surface area contributed by atoms with Gasteiger partial charge in [-0.2, -0.15) is 0 Å². The maximum atomic E-state index is 5.86. The molecule has 0 aromatic heterocycles. The molecule has 0 radical (unpaired) electrons. The van der Waals surface area contributed by atoms with E-state index in [2.05, 4.69) is 60.9 Å². The van der Waals surface area contributed by atoms with Crippen molar-refractivity contribution in [2.75, 3.05) is 13.7 Å². The quantitative estimate of drug-likeness (QED) is 0.925. The first-order valence-corrected chi connectivity index (χ1v) is 7.83. The number of hydrogen-bond acceptors (Lipinski definition) is 2. The van der Waals surface area contributed by atoms with Crippen molar-refractivity contribution in [3.05, 3.63) is 65.2 Å². The average Bonchev–Trinajstić information content (AvgIpc) is 2.93. The molecule has 0 bridgehead atoms. The van der Waals surface area contributed by atoms with Gasteiger partial charge in [-0.1, -0.05) is 42.5 Å². The monoisotopic (exact) mass is 279 g/mol. The highest BCUT2D eigenvalue weighted by Crippen LogP contribution is 2.42. The molecule has 0 saturated carbocycles. The molecule has 1 N–H and O–H groups in total. The van der Waals surface area contributed by atoms with E-state index in [-0.39, 0.29) is 0 Å². The van der Waals surface area contributed by atoms with Crippen molar-refractivity contribution in [3.63, 3.8) is 0 Å². The van der Waals surface area contributed by atoms with Crippen molar-refractivity contribution in [2.45, 2.75) is 30.7 Å². The molecule has 1 heterocycles. The molecule has 4 rings (SSSR count). The second-order valence-corrected chi connectivity index (χ2v) is 6.19. The summed E-state index contributed by atoms with van der Waals surface area (Å²) in [5, 5.41) is 3.53. The third kappa shape index (κ3) is 2.14. The topological polar surface area (TPSA) is 21.3 Å². The number of fused-ring (bicyclic) bond motifs is 2. The van der Waals surface area contributed by atoms with Crippen LogP contribution >= 0.6 is 0 Å². The lowest BCUT2D eigenvalue weighted by Gasteiger charge is -2.34. The second-order valence-electron chi connectivity index (χ2n) is 6.19.